The van der Waals surface area contributed by atoms with E-state index >= 15 is 0 Å². The average molecular weight is 357 g/mol. The Morgan fingerprint density at radius 1 is 1.30 bits per heavy atom. The molecule has 6 nitrogen and oxygen atoms in total. The Morgan fingerprint density at radius 2 is 2.04 bits per heavy atom. The molecule has 2 aromatic rings. The van der Waals surface area contributed by atoms with Gasteiger partial charge in [0.1, 0.15) is 5.82 Å². The number of hydrogen-bond donors (Lipinski definition) is 2. The predicted octanol–water partition coefficient (Wildman–Crippen LogP) is 3.83. The maximum absolute atomic E-state index is 6.37. The minimum Gasteiger partial charge on any atom is -0.490 e. The number of ether oxygens (including phenoxy) is 2. The third-order valence-corrected chi connectivity index (χ3v) is 3.77. The molecule has 0 aliphatic heterocycles. The van der Waals surface area contributed by atoms with E-state index < -0.39 is 0 Å². The van der Waals surface area contributed by atoms with E-state index in [2.05, 4.69) is 22.5 Å². The molecular weight excluding hydrogens is 336 g/mol. The summed E-state index contributed by atoms with van der Waals surface area (Å²) >= 11 is 11.5. The van der Waals surface area contributed by atoms with Crippen molar-refractivity contribution >= 4 is 23.8 Å². The van der Waals surface area contributed by atoms with E-state index in [1.165, 1.54) is 0 Å². The Hall–Kier alpha value is -1.73. The van der Waals surface area contributed by atoms with E-state index in [1.807, 2.05) is 19.9 Å². The molecule has 23 heavy (non-hydrogen) atoms. The van der Waals surface area contributed by atoms with E-state index in [4.69, 9.17) is 33.3 Å². The summed E-state index contributed by atoms with van der Waals surface area (Å²) in [7, 11) is 0. The SMILES string of the molecule is CCCOc1cc(Cl)c(CNn2c(C)n[nH]c2=S)cc1OCC. The smallest absolute Gasteiger partial charge is 0.214 e. The number of hydrogen-bond acceptors (Lipinski definition) is 5. The van der Waals surface area contributed by atoms with Crippen LogP contribution in [0.15, 0.2) is 12.1 Å². The molecule has 0 atom stereocenters. The van der Waals surface area contributed by atoms with Crippen molar-refractivity contribution in [1.29, 1.82) is 0 Å². The number of aromatic amines is 1. The minimum atomic E-state index is 0.488. The highest BCUT2D eigenvalue weighted by molar-refractivity contribution is 7.71. The third-order valence-electron chi connectivity index (χ3n) is 3.14. The number of aromatic nitrogens is 3. The molecule has 0 aliphatic rings. The number of nitrogens with zero attached hydrogens (tertiary/aromatic N) is 2. The van der Waals surface area contributed by atoms with Gasteiger partial charge in [0.05, 0.1) is 19.8 Å². The molecule has 0 saturated carbocycles. The lowest BCUT2D eigenvalue weighted by Crippen LogP contribution is -2.16. The molecule has 1 aromatic carbocycles. The number of nitrogens with one attached hydrogen (secondary N) is 2. The number of halogens is 1. The highest BCUT2D eigenvalue weighted by Crippen LogP contribution is 2.34. The summed E-state index contributed by atoms with van der Waals surface area (Å²) in [6.07, 6.45) is 0.921. The first-order valence-electron chi connectivity index (χ1n) is 7.52. The molecule has 8 heteroatoms. The van der Waals surface area contributed by atoms with E-state index in [1.54, 1.807) is 10.7 Å². The van der Waals surface area contributed by atoms with Gasteiger partial charge in [-0.05, 0) is 44.1 Å². The van der Waals surface area contributed by atoms with Crippen LogP contribution in [-0.4, -0.2) is 28.1 Å². The van der Waals surface area contributed by atoms with E-state index in [-0.39, 0.29) is 0 Å². The molecule has 0 fully saturated rings. The van der Waals surface area contributed by atoms with Crippen LogP contribution in [0, 0.1) is 11.7 Å². The fourth-order valence-corrected chi connectivity index (χ4v) is 2.49. The largest absolute Gasteiger partial charge is 0.490 e. The monoisotopic (exact) mass is 356 g/mol. The van der Waals surface area contributed by atoms with Gasteiger partial charge in [0.15, 0.2) is 11.5 Å². The Bertz CT molecular complexity index is 714. The second kappa shape index (κ2) is 8.21. The Kier molecular flexibility index (Phi) is 6.29. The van der Waals surface area contributed by atoms with E-state index in [0.29, 0.717) is 41.1 Å². The van der Waals surface area contributed by atoms with Gasteiger partial charge in [-0.1, -0.05) is 18.5 Å². The first kappa shape index (κ1) is 17.6. The molecule has 1 aromatic heterocycles. The Morgan fingerprint density at radius 3 is 2.65 bits per heavy atom. The molecule has 0 radical (unpaired) electrons. The molecule has 0 spiro atoms. The van der Waals surface area contributed by atoms with Gasteiger partial charge in [0.2, 0.25) is 4.77 Å². The maximum atomic E-state index is 6.37. The number of rotatable bonds is 8. The van der Waals surface area contributed by atoms with Crippen LogP contribution in [0.25, 0.3) is 0 Å². The summed E-state index contributed by atoms with van der Waals surface area (Å²) in [5, 5.41) is 7.39. The first-order chi connectivity index (χ1) is 11.1. The first-order valence-corrected chi connectivity index (χ1v) is 8.31. The molecule has 0 bridgehead atoms. The van der Waals surface area contributed by atoms with Crippen LogP contribution >= 0.6 is 23.8 Å². The summed E-state index contributed by atoms with van der Waals surface area (Å²) in [6, 6.07) is 3.68. The molecule has 0 unspecified atom stereocenters. The Labute approximate surface area is 145 Å². The zero-order chi connectivity index (χ0) is 16.8. The summed E-state index contributed by atoms with van der Waals surface area (Å²) in [4.78, 5) is 0. The minimum absolute atomic E-state index is 0.488. The molecule has 0 amide bonds. The van der Waals surface area contributed by atoms with Crippen LogP contribution in [0.1, 0.15) is 31.7 Å². The van der Waals surface area contributed by atoms with Crippen molar-refractivity contribution in [3.8, 4) is 11.5 Å². The molecular formula is C15H21ClN4O2S. The summed E-state index contributed by atoms with van der Waals surface area (Å²) < 4.78 is 13.6. The fourth-order valence-electron chi connectivity index (χ4n) is 2.03. The van der Waals surface area contributed by atoms with Gasteiger partial charge in [-0.3, -0.25) is 5.10 Å². The zero-order valence-corrected chi connectivity index (χ0v) is 15.1. The lowest BCUT2D eigenvalue weighted by atomic mass is 10.2. The standard InChI is InChI=1S/C15H21ClN4O2S/c1-4-6-22-14-8-12(16)11(7-13(14)21-5-2)9-17-20-10(3)18-19-15(20)23/h7-8,17H,4-6,9H2,1-3H3,(H,19,23). The number of aryl methyl sites for hydroxylation is 1. The maximum Gasteiger partial charge on any atom is 0.214 e. The fraction of sp³-hybridized carbons (Fsp3) is 0.467. The molecule has 0 saturated heterocycles. The number of H-pyrrole nitrogens is 1. The van der Waals surface area contributed by atoms with Crippen molar-refractivity contribution in [2.75, 3.05) is 18.6 Å². The predicted molar refractivity (Wildman–Crippen MR) is 93.6 cm³/mol. The lowest BCUT2D eigenvalue weighted by Gasteiger charge is -2.15. The van der Waals surface area contributed by atoms with E-state index in [9.17, 15) is 0 Å². The van der Waals surface area contributed by atoms with Crippen molar-refractivity contribution in [1.82, 2.24) is 14.9 Å². The van der Waals surface area contributed by atoms with Crippen molar-refractivity contribution in [3.05, 3.63) is 33.3 Å². The van der Waals surface area contributed by atoms with Crippen LogP contribution in [0.2, 0.25) is 5.02 Å². The van der Waals surface area contributed by atoms with Gasteiger partial charge in [-0.25, -0.2) is 4.68 Å². The average Bonchev–Trinajstić information content (AvgIpc) is 2.85. The van der Waals surface area contributed by atoms with Crippen LogP contribution in [0.4, 0.5) is 0 Å². The number of benzene rings is 1. The molecule has 1 heterocycles. The van der Waals surface area contributed by atoms with Crippen LogP contribution in [0.5, 0.6) is 11.5 Å². The van der Waals surface area contributed by atoms with Crippen LogP contribution in [0.3, 0.4) is 0 Å². The molecule has 0 aliphatic carbocycles. The summed E-state index contributed by atoms with van der Waals surface area (Å²) in [6.45, 7) is 7.51. The van der Waals surface area contributed by atoms with Crippen molar-refractivity contribution in [3.63, 3.8) is 0 Å². The van der Waals surface area contributed by atoms with Gasteiger partial charge < -0.3 is 14.9 Å². The molecule has 126 valence electrons. The summed E-state index contributed by atoms with van der Waals surface area (Å²) in [5.74, 6) is 2.10. The zero-order valence-electron chi connectivity index (χ0n) is 13.5. The van der Waals surface area contributed by atoms with Gasteiger partial charge >= 0.3 is 0 Å². The molecule has 2 rings (SSSR count). The summed E-state index contributed by atoms with van der Waals surface area (Å²) in [5.41, 5.74) is 4.08. The highest BCUT2D eigenvalue weighted by atomic mass is 35.5. The Balaban J connectivity index is 2.21. The third kappa shape index (κ3) is 4.39. The van der Waals surface area contributed by atoms with Gasteiger partial charge in [0, 0.05) is 11.1 Å². The second-order valence-corrected chi connectivity index (χ2v) is 5.71. The second-order valence-electron chi connectivity index (χ2n) is 4.92. The van der Waals surface area contributed by atoms with Crippen molar-refractivity contribution in [2.24, 2.45) is 0 Å². The van der Waals surface area contributed by atoms with Crippen molar-refractivity contribution < 1.29 is 9.47 Å². The highest BCUT2D eigenvalue weighted by Gasteiger charge is 2.12. The normalized spacial score (nSPS) is 10.6. The van der Waals surface area contributed by atoms with Gasteiger partial charge in [-0.2, -0.15) is 5.10 Å². The lowest BCUT2D eigenvalue weighted by molar-refractivity contribution is 0.276. The van der Waals surface area contributed by atoms with Crippen LogP contribution in [-0.2, 0) is 6.54 Å². The van der Waals surface area contributed by atoms with E-state index in [0.717, 1.165) is 17.8 Å². The van der Waals surface area contributed by atoms with Crippen LogP contribution < -0.4 is 14.9 Å². The topological polar surface area (TPSA) is 64.1 Å². The van der Waals surface area contributed by atoms with Gasteiger partial charge in [0.25, 0.3) is 0 Å². The quantitative estimate of drug-likeness (QED) is 0.704. The van der Waals surface area contributed by atoms with Crippen molar-refractivity contribution in [2.45, 2.75) is 33.7 Å². The van der Waals surface area contributed by atoms with Gasteiger partial charge in [-0.15, -0.1) is 0 Å². The molecule has 2 N–H and O–H groups in total.